The lowest BCUT2D eigenvalue weighted by Gasteiger charge is -2.36. The van der Waals surface area contributed by atoms with E-state index in [2.05, 4.69) is 0 Å². The Bertz CT molecular complexity index is 634. The van der Waals surface area contributed by atoms with Crippen LogP contribution in [0.25, 0.3) is 0 Å². The van der Waals surface area contributed by atoms with Gasteiger partial charge in [-0.3, -0.25) is 0 Å². The van der Waals surface area contributed by atoms with E-state index in [1.807, 2.05) is 0 Å². The standard InChI is InChI=1S/C14H18FNO4S/c15-11-8-10(9-17)4-5-14(11)21(18,19)16-6-7-20-13-3-1-2-12(13)16/h4-5,8,12-13,17H,1-3,6-7,9H2. The number of sulfonamides is 1. The Balaban J connectivity index is 1.96. The van der Waals surface area contributed by atoms with Crippen LogP contribution in [0.3, 0.4) is 0 Å². The van der Waals surface area contributed by atoms with Gasteiger partial charge in [-0.1, -0.05) is 6.07 Å². The highest BCUT2D eigenvalue weighted by atomic mass is 32.2. The van der Waals surface area contributed by atoms with Gasteiger partial charge >= 0.3 is 0 Å². The number of hydrogen-bond donors (Lipinski definition) is 1. The highest BCUT2D eigenvalue weighted by molar-refractivity contribution is 7.89. The van der Waals surface area contributed by atoms with Crippen LogP contribution in [0, 0.1) is 5.82 Å². The summed E-state index contributed by atoms with van der Waals surface area (Å²) < 4.78 is 46.5. The van der Waals surface area contributed by atoms with Crippen LogP contribution < -0.4 is 0 Å². The third kappa shape index (κ3) is 2.59. The van der Waals surface area contributed by atoms with E-state index in [-0.39, 0.29) is 30.2 Å². The van der Waals surface area contributed by atoms with E-state index in [1.165, 1.54) is 16.4 Å². The van der Waals surface area contributed by atoms with Crippen LogP contribution in [0.1, 0.15) is 24.8 Å². The maximum Gasteiger partial charge on any atom is 0.246 e. The van der Waals surface area contributed by atoms with Gasteiger partial charge in [0.05, 0.1) is 25.4 Å². The smallest absolute Gasteiger partial charge is 0.246 e. The summed E-state index contributed by atoms with van der Waals surface area (Å²) in [4.78, 5) is -0.327. The molecule has 1 aromatic carbocycles. The van der Waals surface area contributed by atoms with E-state index in [4.69, 9.17) is 9.84 Å². The first-order chi connectivity index (χ1) is 10.0. The molecule has 0 aromatic heterocycles. The van der Waals surface area contributed by atoms with Gasteiger partial charge in [-0.25, -0.2) is 12.8 Å². The molecule has 2 atom stereocenters. The third-order valence-electron chi connectivity index (χ3n) is 4.20. The van der Waals surface area contributed by atoms with Crippen molar-refractivity contribution in [1.82, 2.24) is 4.31 Å². The highest BCUT2D eigenvalue weighted by Crippen LogP contribution is 2.34. The van der Waals surface area contributed by atoms with Gasteiger partial charge in [-0.05, 0) is 37.0 Å². The molecule has 21 heavy (non-hydrogen) atoms. The zero-order valence-corrected chi connectivity index (χ0v) is 12.4. The Labute approximate surface area is 123 Å². The molecule has 1 heterocycles. The quantitative estimate of drug-likeness (QED) is 0.912. The van der Waals surface area contributed by atoms with Crippen molar-refractivity contribution in [3.05, 3.63) is 29.6 Å². The zero-order chi connectivity index (χ0) is 15.0. The minimum absolute atomic E-state index is 0.0756. The summed E-state index contributed by atoms with van der Waals surface area (Å²) in [5, 5.41) is 8.98. The molecule has 1 N–H and O–H groups in total. The molecule has 1 saturated heterocycles. The van der Waals surface area contributed by atoms with Crippen LogP contribution in [-0.4, -0.2) is 43.1 Å². The van der Waals surface area contributed by atoms with E-state index in [0.29, 0.717) is 12.2 Å². The summed E-state index contributed by atoms with van der Waals surface area (Å²) >= 11 is 0. The van der Waals surface area contributed by atoms with Crippen LogP contribution in [0.2, 0.25) is 0 Å². The van der Waals surface area contributed by atoms with Crippen LogP contribution in [0.15, 0.2) is 23.1 Å². The first-order valence-electron chi connectivity index (χ1n) is 7.07. The minimum atomic E-state index is -3.88. The van der Waals surface area contributed by atoms with Gasteiger partial charge in [0.1, 0.15) is 10.7 Å². The van der Waals surface area contributed by atoms with E-state index in [0.717, 1.165) is 25.3 Å². The Morgan fingerprint density at radius 3 is 2.90 bits per heavy atom. The molecule has 1 aliphatic heterocycles. The number of halogens is 1. The Morgan fingerprint density at radius 2 is 2.19 bits per heavy atom. The van der Waals surface area contributed by atoms with Crippen LogP contribution in [0.4, 0.5) is 4.39 Å². The largest absolute Gasteiger partial charge is 0.392 e. The van der Waals surface area contributed by atoms with Gasteiger partial charge in [-0.2, -0.15) is 4.31 Å². The molecule has 0 radical (unpaired) electrons. The molecule has 116 valence electrons. The van der Waals surface area contributed by atoms with Crippen molar-refractivity contribution < 1.29 is 22.7 Å². The summed E-state index contributed by atoms with van der Waals surface area (Å²) in [6.07, 6.45) is 2.45. The van der Waals surface area contributed by atoms with E-state index < -0.39 is 15.8 Å². The molecule has 5 nitrogen and oxygen atoms in total. The number of ether oxygens (including phenoxy) is 1. The normalized spacial score (nSPS) is 26.8. The molecule has 7 heteroatoms. The van der Waals surface area contributed by atoms with Crippen LogP contribution in [0.5, 0.6) is 0 Å². The number of fused-ring (bicyclic) bond motifs is 1. The monoisotopic (exact) mass is 315 g/mol. The second kappa shape index (κ2) is 5.64. The zero-order valence-electron chi connectivity index (χ0n) is 11.5. The first-order valence-corrected chi connectivity index (χ1v) is 8.51. The van der Waals surface area contributed by atoms with E-state index >= 15 is 0 Å². The molecule has 2 fully saturated rings. The fourth-order valence-electron chi connectivity index (χ4n) is 3.17. The van der Waals surface area contributed by atoms with Gasteiger partial charge in [-0.15, -0.1) is 0 Å². The maximum absolute atomic E-state index is 14.1. The maximum atomic E-state index is 14.1. The van der Waals surface area contributed by atoms with Crippen LogP contribution in [-0.2, 0) is 21.4 Å². The van der Waals surface area contributed by atoms with E-state index in [1.54, 1.807) is 0 Å². The van der Waals surface area contributed by atoms with Gasteiger partial charge in [0.25, 0.3) is 0 Å². The first kappa shape index (κ1) is 14.9. The fourth-order valence-corrected chi connectivity index (χ4v) is 4.88. The number of aliphatic hydroxyl groups is 1. The topological polar surface area (TPSA) is 66.8 Å². The Kier molecular flexibility index (Phi) is 4.00. The molecule has 2 unspecified atom stereocenters. The average molecular weight is 315 g/mol. The van der Waals surface area contributed by atoms with Crippen molar-refractivity contribution in [3.8, 4) is 0 Å². The molecule has 3 rings (SSSR count). The third-order valence-corrected chi connectivity index (χ3v) is 6.15. The summed E-state index contributed by atoms with van der Waals surface area (Å²) in [5.74, 6) is -0.817. The van der Waals surface area contributed by atoms with E-state index in [9.17, 15) is 12.8 Å². The van der Waals surface area contributed by atoms with Gasteiger partial charge < -0.3 is 9.84 Å². The van der Waals surface area contributed by atoms with Gasteiger partial charge in [0.2, 0.25) is 10.0 Å². The summed E-state index contributed by atoms with van der Waals surface area (Å²) in [5.41, 5.74) is 0.354. The Morgan fingerprint density at radius 1 is 1.38 bits per heavy atom. The number of benzene rings is 1. The fraction of sp³-hybridized carbons (Fsp3) is 0.571. The second-order valence-corrected chi connectivity index (χ2v) is 7.31. The van der Waals surface area contributed by atoms with Crippen molar-refractivity contribution in [2.75, 3.05) is 13.2 Å². The Hall–Kier alpha value is -1.02. The SMILES string of the molecule is O=S(=O)(c1ccc(CO)cc1F)N1CCOC2CCCC21. The predicted molar refractivity (Wildman–Crippen MR) is 73.6 cm³/mol. The molecule has 0 amide bonds. The molecule has 1 aliphatic carbocycles. The number of nitrogens with zero attached hydrogens (tertiary/aromatic N) is 1. The van der Waals surface area contributed by atoms with Crippen molar-refractivity contribution in [3.63, 3.8) is 0 Å². The molecule has 0 bridgehead atoms. The number of rotatable bonds is 3. The lowest BCUT2D eigenvalue weighted by Crippen LogP contribution is -2.51. The second-order valence-electron chi connectivity index (χ2n) is 5.45. The predicted octanol–water partition coefficient (Wildman–Crippen LogP) is 1.26. The summed E-state index contributed by atoms with van der Waals surface area (Å²) in [6.45, 7) is 0.279. The van der Waals surface area contributed by atoms with Crippen LogP contribution >= 0.6 is 0 Å². The lowest BCUT2D eigenvalue weighted by atomic mass is 10.2. The molecule has 1 aromatic rings. The van der Waals surface area contributed by atoms with Crippen molar-refractivity contribution in [2.24, 2.45) is 0 Å². The number of hydrogen-bond acceptors (Lipinski definition) is 4. The number of aliphatic hydroxyl groups excluding tert-OH is 1. The molecule has 2 aliphatic rings. The van der Waals surface area contributed by atoms with Crippen molar-refractivity contribution in [1.29, 1.82) is 0 Å². The highest BCUT2D eigenvalue weighted by Gasteiger charge is 2.42. The molecular formula is C14H18FNO4S. The molecule has 0 spiro atoms. The average Bonchev–Trinajstić information content (AvgIpc) is 2.94. The minimum Gasteiger partial charge on any atom is -0.392 e. The van der Waals surface area contributed by atoms with Crippen molar-refractivity contribution in [2.45, 2.75) is 42.9 Å². The molecule has 1 saturated carbocycles. The van der Waals surface area contributed by atoms with Gasteiger partial charge in [0, 0.05) is 6.54 Å². The summed E-state index contributed by atoms with van der Waals surface area (Å²) in [7, 11) is -3.88. The van der Waals surface area contributed by atoms with Gasteiger partial charge in [0.15, 0.2) is 0 Å². The van der Waals surface area contributed by atoms with Crippen molar-refractivity contribution >= 4 is 10.0 Å². The number of morpholine rings is 1. The molecular weight excluding hydrogens is 297 g/mol. The summed E-state index contributed by atoms with van der Waals surface area (Å²) in [6, 6.07) is 3.54. The lowest BCUT2D eigenvalue weighted by molar-refractivity contribution is -0.0242.